The molecule has 1 unspecified atom stereocenters. The van der Waals surface area contributed by atoms with Crippen molar-refractivity contribution in [2.45, 2.75) is 13.0 Å². The number of alkyl halides is 1. The summed E-state index contributed by atoms with van der Waals surface area (Å²) in [6, 6.07) is 9.54. The predicted octanol–water partition coefficient (Wildman–Crippen LogP) is -0.281. The fraction of sp³-hybridized carbons (Fsp3) is 0.500. The molecule has 3 heteroatoms. The van der Waals surface area contributed by atoms with E-state index in [4.69, 9.17) is 0 Å². The molecule has 1 aromatic carbocycles. The molecule has 0 aromatic heterocycles. The molecule has 0 amide bonds. The third-order valence-corrected chi connectivity index (χ3v) is 6.24. The Morgan fingerprint density at radius 1 is 1.40 bits per heavy atom. The molecule has 0 bridgehead atoms. The Morgan fingerprint density at radius 2 is 2.20 bits per heavy atom. The quantitative estimate of drug-likeness (QED) is 0.416. The Bertz CT molecular complexity index is 329. The maximum absolute atomic E-state index is 2.71. The zero-order valence-electron chi connectivity index (χ0n) is 9.24. The first-order valence-electron chi connectivity index (χ1n) is 5.22. The number of rotatable bonds is 2. The molecule has 1 aliphatic heterocycles. The molecule has 84 valence electrons. The summed E-state index contributed by atoms with van der Waals surface area (Å²) in [7, 11) is 0. The molecule has 0 N–H and O–H groups in total. The molecule has 1 fully saturated rings. The van der Waals surface area contributed by atoms with Crippen molar-refractivity contribution in [3.05, 3.63) is 35.4 Å². The molecule has 1 aromatic rings. The van der Waals surface area contributed by atoms with Gasteiger partial charge in [0.05, 0.1) is 0 Å². The third-order valence-electron chi connectivity index (χ3n) is 2.83. The molecule has 1 aliphatic rings. The van der Waals surface area contributed by atoms with Crippen LogP contribution in [0.2, 0.25) is 0 Å². The zero-order chi connectivity index (χ0) is 10.7. The summed E-state index contributed by atoms with van der Waals surface area (Å²) in [5.74, 6) is 2.59. The van der Waals surface area contributed by atoms with Gasteiger partial charge in [0, 0.05) is 0 Å². The van der Waals surface area contributed by atoms with Gasteiger partial charge in [0.1, 0.15) is 0 Å². The summed E-state index contributed by atoms with van der Waals surface area (Å²) >= 11 is 2.33. The van der Waals surface area contributed by atoms with E-state index in [1.54, 1.807) is 5.56 Å². The third kappa shape index (κ3) is 2.68. The fourth-order valence-corrected chi connectivity index (χ4v) is 5.55. The van der Waals surface area contributed by atoms with E-state index in [1.807, 2.05) is 0 Å². The van der Waals surface area contributed by atoms with E-state index in [9.17, 15) is 0 Å². The fourth-order valence-electron chi connectivity index (χ4n) is 1.99. The number of hydrogen-bond acceptors (Lipinski definition) is 2. The van der Waals surface area contributed by atoms with E-state index < -0.39 is 0 Å². The summed E-state index contributed by atoms with van der Waals surface area (Å²) in [6.07, 6.45) is 0. The average Bonchev–Trinajstić information content (AvgIpc) is 2.30. The van der Waals surface area contributed by atoms with Crippen molar-refractivity contribution in [2.24, 2.45) is 0 Å². The molecule has 0 radical (unpaired) electrons. The summed E-state index contributed by atoms with van der Waals surface area (Å²) in [5, 5.41) is 0. The Morgan fingerprint density at radius 3 is 2.93 bits per heavy atom. The Labute approximate surface area is 107 Å². The van der Waals surface area contributed by atoms with Gasteiger partial charge in [-0.1, -0.05) is 0 Å². The van der Waals surface area contributed by atoms with E-state index in [-0.39, 0.29) is 21.5 Å². The number of hydrogen-bond donors (Lipinski definition) is 0. The van der Waals surface area contributed by atoms with Gasteiger partial charge in [-0.2, -0.15) is 0 Å². The molecular formula is C12H17INS-. The molecule has 1 nitrogen and oxygen atoms in total. The van der Waals surface area contributed by atoms with Gasteiger partial charge in [-0.3, -0.25) is 0 Å². The van der Waals surface area contributed by atoms with Crippen LogP contribution in [0.25, 0.3) is 0 Å². The number of benzene rings is 1. The summed E-state index contributed by atoms with van der Waals surface area (Å²) in [5.41, 5.74) is 3.00. The van der Waals surface area contributed by atoms with Crippen LogP contribution in [0.1, 0.15) is 17.2 Å². The van der Waals surface area contributed by atoms with Gasteiger partial charge in [0.25, 0.3) is 0 Å². The van der Waals surface area contributed by atoms with Gasteiger partial charge >= 0.3 is 108 Å². The maximum atomic E-state index is 2.71. The van der Waals surface area contributed by atoms with Gasteiger partial charge in [-0.15, -0.1) is 0 Å². The van der Waals surface area contributed by atoms with E-state index in [2.05, 4.69) is 51.0 Å². The number of nitrogens with zero attached hydrogens (tertiary/aromatic N) is 1. The molecule has 1 atom stereocenters. The standard InChI is InChI=1S/C12H17INS/c1-10-5-3-4-6-11(10)12-9-15-8-7-14(12)13-2/h3-6,12H,7-9H2,1-2H3/q-1. The monoisotopic (exact) mass is 334 g/mol. The minimum absolute atomic E-state index is 0.228. The van der Waals surface area contributed by atoms with Crippen molar-refractivity contribution in [3.63, 3.8) is 0 Å². The second-order valence-corrected chi connectivity index (χ2v) is 7.09. The van der Waals surface area contributed by atoms with Gasteiger partial charge < -0.3 is 0 Å². The van der Waals surface area contributed by atoms with Gasteiger partial charge in [0.2, 0.25) is 0 Å². The number of halogens is 1. The van der Waals surface area contributed by atoms with Crippen LogP contribution in [0.4, 0.5) is 0 Å². The van der Waals surface area contributed by atoms with E-state index in [0.29, 0.717) is 6.04 Å². The van der Waals surface area contributed by atoms with Crippen LogP contribution < -0.4 is 21.5 Å². The first-order chi connectivity index (χ1) is 7.33. The van der Waals surface area contributed by atoms with Crippen LogP contribution in [0.15, 0.2) is 24.3 Å². The molecule has 1 heterocycles. The van der Waals surface area contributed by atoms with Crippen molar-refractivity contribution < 1.29 is 21.5 Å². The topological polar surface area (TPSA) is 3.24 Å². The van der Waals surface area contributed by atoms with Crippen LogP contribution in [0.5, 0.6) is 0 Å². The Kier molecular flexibility index (Phi) is 4.34. The van der Waals surface area contributed by atoms with E-state index in [1.165, 1.54) is 23.6 Å². The van der Waals surface area contributed by atoms with Gasteiger partial charge in [0.15, 0.2) is 0 Å². The molecule has 1 saturated heterocycles. The zero-order valence-corrected chi connectivity index (χ0v) is 12.2. The summed E-state index contributed by atoms with van der Waals surface area (Å²) in [6.45, 7) is 3.52. The Hall–Kier alpha value is 0.260. The van der Waals surface area contributed by atoms with Crippen LogP contribution in [0.3, 0.4) is 0 Å². The van der Waals surface area contributed by atoms with Crippen LogP contribution in [0, 0.1) is 6.92 Å². The van der Waals surface area contributed by atoms with Crippen LogP contribution in [-0.4, -0.2) is 26.1 Å². The first-order valence-corrected chi connectivity index (χ1v) is 9.50. The molecule has 0 spiro atoms. The summed E-state index contributed by atoms with van der Waals surface area (Å²) < 4.78 is 2.71. The normalized spacial score (nSPS) is 23.2. The predicted molar refractivity (Wildman–Crippen MR) is 63.9 cm³/mol. The van der Waals surface area contributed by atoms with Crippen molar-refractivity contribution in [1.29, 1.82) is 0 Å². The minimum atomic E-state index is 0.228. The molecule has 2 rings (SSSR count). The molecule has 0 aliphatic carbocycles. The van der Waals surface area contributed by atoms with Crippen LogP contribution in [-0.2, 0) is 0 Å². The second kappa shape index (κ2) is 5.55. The Balaban J connectivity index is 2.24. The van der Waals surface area contributed by atoms with Crippen molar-refractivity contribution in [1.82, 2.24) is 3.11 Å². The number of thioether (sulfide) groups is 1. The van der Waals surface area contributed by atoms with E-state index >= 15 is 0 Å². The van der Waals surface area contributed by atoms with E-state index in [0.717, 1.165) is 0 Å². The van der Waals surface area contributed by atoms with Crippen molar-refractivity contribution >= 4 is 11.8 Å². The summed E-state index contributed by atoms with van der Waals surface area (Å²) in [4.78, 5) is 2.38. The molecule has 15 heavy (non-hydrogen) atoms. The number of aryl methyl sites for hydroxylation is 1. The second-order valence-electron chi connectivity index (χ2n) is 3.74. The SMILES string of the molecule is C[I-]N1CCSCC1c1ccccc1C. The van der Waals surface area contributed by atoms with Gasteiger partial charge in [-0.25, -0.2) is 0 Å². The van der Waals surface area contributed by atoms with Crippen molar-refractivity contribution in [3.8, 4) is 0 Å². The average molecular weight is 334 g/mol. The van der Waals surface area contributed by atoms with Crippen LogP contribution >= 0.6 is 11.8 Å². The molecule has 0 saturated carbocycles. The first kappa shape index (κ1) is 11.7. The van der Waals surface area contributed by atoms with Crippen molar-refractivity contribution in [2.75, 3.05) is 23.0 Å². The van der Waals surface area contributed by atoms with Gasteiger partial charge in [-0.05, 0) is 0 Å². The molecular weight excluding hydrogens is 317 g/mol.